The van der Waals surface area contributed by atoms with Gasteiger partial charge in [-0.2, -0.15) is 0 Å². The van der Waals surface area contributed by atoms with E-state index in [0.29, 0.717) is 6.54 Å². The van der Waals surface area contributed by atoms with Gasteiger partial charge in [0, 0.05) is 6.07 Å². The normalized spacial score (nSPS) is 10.1. The number of carbonyl (C=O) groups is 1. The van der Waals surface area contributed by atoms with Crippen LogP contribution in [0.5, 0.6) is 0 Å². The third kappa shape index (κ3) is 4.10. The van der Waals surface area contributed by atoms with Gasteiger partial charge in [-0.15, -0.1) is 0 Å². The number of nitrogens with zero attached hydrogens (tertiary/aromatic N) is 1. The molecule has 0 heterocycles. The highest BCUT2D eigenvalue weighted by Crippen LogP contribution is 2.20. The molecule has 6 nitrogen and oxygen atoms in total. The Hall–Kier alpha value is -2.02. The molecule has 1 aromatic rings. The van der Waals surface area contributed by atoms with E-state index < -0.39 is 16.6 Å². The zero-order valence-electron chi connectivity index (χ0n) is 9.90. The van der Waals surface area contributed by atoms with Gasteiger partial charge < -0.3 is 10.6 Å². The number of halogens is 1. The number of anilines is 1. The van der Waals surface area contributed by atoms with Crippen molar-refractivity contribution in [3.05, 3.63) is 34.1 Å². The molecule has 1 aromatic carbocycles. The lowest BCUT2D eigenvalue weighted by Crippen LogP contribution is -2.28. The molecule has 7 heteroatoms. The van der Waals surface area contributed by atoms with Gasteiger partial charge in [0.1, 0.15) is 0 Å². The fourth-order valence-corrected chi connectivity index (χ4v) is 1.29. The second kappa shape index (κ2) is 6.65. The van der Waals surface area contributed by atoms with Gasteiger partial charge in [0.15, 0.2) is 5.82 Å². The molecule has 0 aliphatic carbocycles. The van der Waals surface area contributed by atoms with Gasteiger partial charge in [-0.3, -0.25) is 14.9 Å². The molecular formula is C11H14FN3O3. The number of hydrogen-bond acceptors (Lipinski definition) is 4. The van der Waals surface area contributed by atoms with Crippen molar-refractivity contribution in [2.75, 3.05) is 18.4 Å². The number of nitro groups is 1. The van der Waals surface area contributed by atoms with Crippen molar-refractivity contribution >= 4 is 17.3 Å². The minimum Gasteiger partial charge on any atom is -0.322 e. The molecule has 0 aliphatic heterocycles. The predicted octanol–water partition coefficient (Wildman–Crippen LogP) is 1.67. The van der Waals surface area contributed by atoms with Crippen LogP contribution >= 0.6 is 0 Å². The summed E-state index contributed by atoms with van der Waals surface area (Å²) in [6.45, 7) is 2.72. The first kappa shape index (κ1) is 14.0. The van der Waals surface area contributed by atoms with Crippen LogP contribution in [0.25, 0.3) is 0 Å². The summed E-state index contributed by atoms with van der Waals surface area (Å²) in [5.41, 5.74) is -0.418. The first-order chi connectivity index (χ1) is 8.54. The fourth-order valence-electron chi connectivity index (χ4n) is 1.29. The molecule has 98 valence electrons. The molecule has 1 amide bonds. The quantitative estimate of drug-likeness (QED) is 0.460. The number of benzene rings is 1. The monoisotopic (exact) mass is 255 g/mol. The number of carbonyl (C=O) groups excluding carboxylic acids is 1. The smallest absolute Gasteiger partial charge is 0.272 e. The molecule has 0 bridgehead atoms. The number of nitrogens with one attached hydrogen (secondary N) is 2. The van der Waals surface area contributed by atoms with E-state index in [1.165, 1.54) is 6.07 Å². The number of nitro benzene ring substituents is 1. The largest absolute Gasteiger partial charge is 0.322 e. The average molecular weight is 255 g/mol. The van der Waals surface area contributed by atoms with Crippen molar-refractivity contribution in [3.8, 4) is 0 Å². The maximum Gasteiger partial charge on any atom is 0.272 e. The summed E-state index contributed by atoms with van der Waals surface area (Å²) in [6, 6.07) is 3.08. The average Bonchev–Trinajstić information content (AvgIpc) is 2.32. The lowest BCUT2D eigenvalue weighted by atomic mass is 10.2. The molecule has 0 saturated carbocycles. The molecule has 0 saturated heterocycles. The summed E-state index contributed by atoms with van der Waals surface area (Å²) in [5.74, 6) is -1.22. The second-order valence-corrected chi connectivity index (χ2v) is 3.65. The van der Waals surface area contributed by atoms with E-state index in [4.69, 9.17) is 0 Å². The maximum atomic E-state index is 13.4. The Bertz CT molecular complexity index is 451. The van der Waals surface area contributed by atoms with E-state index in [0.717, 1.165) is 18.6 Å². The van der Waals surface area contributed by atoms with Gasteiger partial charge in [-0.25, -0.2) is 4.39 Å². The van der Waals surface area contributed by atoms with Gasteiger partial charge in [0.2, 0.25) is 5.91 Å². The summed E-state index contributed by atoms with van der Waals surface area (Å²) in [5, 5.41) is 15.6. The van der Waals surface area contributed by atoms with Crippen LogP contribution in [0.2, 0.25) is 0 Å². The molecule has 0 aliphatic rings. The van der Waals surface area contributed by atoms with Gasteiger partial charge in [-0.1, -0.05) is 6.92 Å². The zero-order chi connectivity index (χ0) is 13.5. The number of rotatable bonds is 6. The number of non-ortho nitro benzene ring substituents is 1. The molecule has 1 rings (SSSR count). The van der Waals surface area contributed by atoms with Crippen LogP contribution in [0.4, 0.5) is 15.8 Å². The van der Waals surface area contributed by atoms with Crippen LogP contribution in [0.1, 0.15) is 13.3 Å². The molecule has 0 atom stereocenters. The third-order valence-electron chi connectivity index (χ3n) is 2.15. The minimum atomic E-state index is -0.826. The first-order valence-corrected chi connectivity index (χ1v) is 5.49. The number of amides is 1. The SMILES string of the molecule is CCCNCC(=O)Nc1ccc([N+](=O)[O-])cc1F. The summed E-state index contributed by atoms with van der Waals surface area (Å²) < 4.78 is 13.4. The second-order valence-electron chi connectivity index (χ2n) is 3.65. The van der Waals surface area contributed by atoms with E-state index in [-0.39, 0.29) is 17.9 Å². The van der Waals surface area contributed by atoms with E-state index in [1.54, 1.807) is 0 Å². The molecule has 0 unspecified atom stereocenters. The summed E-state index contributed by atoms with van der Waals surface area (Å²) >= 11 is 0. The summed E-state index contributed by atoms with van der Waals surface area (Å²) in [6.07, 6.45) is 0.888. The van der Waals surface area contributed by atoms with E-state index in [2.05, 4.69) is 10.6 Å². The molecule has 0 spiro atoms. The van der Waals surface area contributed by atoms with Crippen molar-refractivity contribution < 1.29 is 14.1 Å². The summed E-state index contributed by atoms with van der Waals surface area (Å²) in [7, 11) is 0. The molecule has 0 fully saturated rings. The van der Waals surface area contributed by atoms with Gasteiger partial charge in [-0.05, 0) is 19.0 Å². The Morgan fingerprint density at radius 2 is 2.22 bits per heavy atom. The van der Waals surface area contributed by atoms with Crippen molar-refractivity contribution in [1.29, 1.82) is 0 Å². The maximum absolute atomic E-state index is 13.4. The molecule has 2 N–H and O–H groups in total. The van der Waals surface area contributed by atoms with E-state index in [1.807, 2.05) is 6.92 Å². The van der Waals surface area contributed by atoms with E-state index in [9.17, 15) is 19.3 Å². The Balaban J connectivity index is 2.62. The van der Waals surface area contributed by atoms with Gasteiger partial charge >= 0.3 is 0 Å². The van der Waals surface area contributed by atoms with Crippen molar-refractivity contribution in [2.24, 2.45) is 0 Å². The van der Waals surface area contributed by atoms with Crippen LogP contribution in [-0.2, 0) is 4.79 Å². The first-order valence-electron chi connectivity index (χ1n) is 5.49. The standard InChI is InChI=1S/C11H14FN3O3/c1-2-5-13-7-11(16)14-10-4-3-8(15(17)18)6-9(10)12/h3-4,6,13H,2,5,7H2,1H3,(H,14,16). The Morgan fingerprint density at radius 1 is 1.50 bits per heavy atom. The lowest BCUT2D eigenvalue weighted by molar-refractivity contribution is -0.385. The van der Waals surface area contributed by atoms with Crippen LogP contribution in [-0.4, -0.2) is 23.9 Å². The predicted molar refractivity (Wildman–Crippen MR) is 64.8 cm³/mol. The van der Waals surface area contributed by atoms with Gasteiger partial charge in [0.25, 0.3) is 5.69 Å². The molecular weight excluding hydrogens is 241 g/mol. The highest BCUT2D eigenvalue weighted by atomic mass is 19.1. The highest BCUT2D eigenvalue weighted by Gasteiger charge is 2.12. The highest BCUT2D eigenvalue weighted by molar-refractivity contribution is 5.92. The van der Waals surface area contributed by atoms with Gasteiger partial charge in [0.05, 0.1) is 23.2 Å². The Morgan fingerprint density at radius 3 is 2.78 bits per heavy atom. The van der Waals surface area contributed by atoms with Crippen molar-refractivity contribution in [1.82, 2.24) is 5.32 Å². The number of hydrogen-bond donors (Lipinski definition) is 2. The van der Waals surface area contributed by atoms with Crippen LogP contribution < -0.4 is 10.6 Å². The Labute approximate surface area is 103 Å². The van der Waals surface area contributed by atoms with Crippen LogP contribution in [0.15, 0.2) is 18.2 Å². The third-order valence-corrected chi connectivity index (χ3v) is 2.15. The van der Waals surface area contributed by atoms with Crippen molar-refractivity contribution in [3.63, 3.8) is 0 Å². The van der Waals surface area contributed by atoms with E-state index >= 15 is 0 Å². The molecule has 18 heavy (non-hydrogen) atoms. The fraction of sp³-hybridized carbons (Fsp3) is 0.364. The van der Waals surface area contributed by atoms with Crippen LogP contribution in [0.3, 0.4) is 0 Å². The van der Waals surface area contributed by atoms with Crippen molar-refractivity contribution in [2.45, 2.75) is 13.3 Å². The minimum absolute atomic E-state index is 0.0658. The lowest BCUT2D eigenvalue weighted by Gasteiger charge is -2.06. The zero-order valence-corrected chi connectivity index (χ0v) is 9.90. The Kier molecular flexibility index (Phi) is 5.19. The summed E-state index contributed by atoms with van der Waals surface area (Å²) in [4.78, 5) is 21.1. The molecule has 0 radical (unpaired) electrons. The topological polar surface area (TPSA) is 84.3 Å². The molecule has 0 aromatic heterocycles. The van der Waals surface area contributed by atoms with Crippen LogP contribution in [0, 0.1) is 15.9 Å².